The van der Waals surface area contributed by atoms with Crippen LogP contribution >= 0.6 is 0 Å². The van der Waals surface area contributed by atoms with E-state index in [1.165, 1.54) is 19.2 Å². The lowest BCUT2D eigenvalue weighted by Crippen LogP contribution is -2.57. The van der Waals surface area contributed by atoms with Crippen LogP contribution in [0.5, 0.6) is 0 Å². The number of aliphatic hydroxyl groups is 1. The van der Waals surface area contributed by atoms with Crippen molar-refractivity contribution >= 4 is 22.9 Å². The Bertz CT molecular complexity index is 965. The van der Waals surface area contributed by atoms with E-state index in [1.807, 2.05) is 23.1 Å². The van der Waals surface area contributed by atoms with E-state index in [-0.39, 0.29) is 36.5 Å². The van der Waals surface area contributed by atoms with E-state index in [9.17, 15) is 19.1 Å². The molecular weight excluding hydrogens is 401 g/mol. The molecule has 0 bridgehead atoms. The van der Waals surface area contributed by atoms with Gasteiger partial charge in [0.2, 0.25) is 0 Å². The van der Waals surface area contributed by atoms with Gasteiger partial charge in [0.05, 0.1) is 13.2 Å². The molecule has 0 spiro atoms. The number of carbonyl (C=O) groups is 2. The van der Waals surface area contributed by atoms with Crippen molar-refractivity contribution < 1.29 is 23.8 Å². The molecule has 1 aliphatic carbocycles. The molecule has 2 aliphatic rings. The largest absolute Gasteiger partial charge is 0.453 e. The molecule has 1 heterocycles. The molecular formula is C23H28FN3O4. The highest BCUT2D eigenvalue weighted by atomic mass is 19.1. The van der Waals surface area contributed by atoms with Gasteiger partial charge in [-0.1, -0.05) is 18.2 Å². The molecule has 2 fully saturated rings. The number of benzene rings is 2. The summed E-state index contributed by atoms with van der Waals surface area (Å²) in [7, 11) is 1.34. The van der Waals surface area contributed by atoms with E-state index in [2.05, 4.69) is 5.32 Å². The second kappa shape index (κ2) is 9.09. The molecule has 0 aromatic heterocycles. The lowest BCUT2D eigenvalue weighted by atomic mass is 9.94. The van der Waals surface area contributed by atoms with Crippen LogP contribution in [0, 0.1) is 11.7 Å². The maximum absolute atomic E-state index is 13.4. The molecule has 2 atom stereocenters. The van der Waals surface area contributed by atoms with Crippen LogP contribution in [0.4, 0.5) is 14.0 Å². The first-order valence-corrected chi connectivity index (χ1v) is 10.7. The predicted molar refractivity (Wildman–Crippen MR) is 114 cm³/mol. The third-order valence-corrected chi connectivity index (χ3v) is 6.08. The van der Waals surface area contributed by atoms with Crippen LogP contribution in [0.2, 0.25) is 0 Å². The predicted octanol–water partition coefficient (Wildman–Crippen LogP) is 3.10. The summed E-state index contributed by atoms with van der Waals surface area (Å²) in [4.78, 5) is 28.6. The number of piperidine rings is 1. The summed E-state index contributed by atoms with van der Waals surface area (Å²) in [5.74, 6) is -0.365. The Hall–Kier alpha value is -2.87. The summed E-state index contributed by atoms with van der Waals surface area (Å²) in [6.45, 7) is 1.14. The van der Waals surface area contributed by atoms with Gasteiger partial charge in [-0.25, -0.2) is 14.0 Å². The third-order valence-electron chi connectivity index (χ3n) is 6.08. The first-order chi connectivity index (χ1) is 15.0. The zero-order chi connectivity index (χ0) is 22.0. The number of ether oxygens (including phenoxy) is 1. The maximum Gasteiger partial charge on any atom is 0.409 e. The maximum atomic E-state index is 13.4. The Morgan fingerprint density at radius 3 is 2.61 bits per heavy atom. The molecule has 3 amide bonds. The van der Waals surface area contributed by atoms with Gasteiger partial charge >= 0.3 is 12.1 Å². The fraction of sp³-hybridized carbons (Fsp3) is 0.478. The summed E-state index contributed by atoms with van der Waals surface area (Å²) in [5, 5.41) is 14.4. The van der Waals surface area contributed by atoms with Crippen molar-refractivity contribution in [1.82, 2.24) is 15.1 Å². The van der Waals surface area contributed by atoms with Gasteiger partial charge in [0.1, 0.15) is 5.82 Å². The number of methoxy groups -OCH3 is 1. The van der Waals surface area contributed by atoms with Crippen LogP contribution in [0.1, 0.15) is 24.8 Å². The molecule has 1 aliphatic heterocycles. The van der Waals surface area contributed by atoms with E-state index in [4.69, 9.17) is 4.74 Å². The number of carbonyl (C=O) groups excluding carboxylic acids is 2. The monoisotopic (exact) mass is 429 g/mol. The number of nitrogens with zero attached hydrogens (tertiary/aromatic N) is 2. The summed E-state index contributed by atoms with van der Waals surface area (Å²) < 4.78 is 18.2. The van der Waals surface area contributed by atoms with E-state index in [0.29, 0.717) is 26.1 Å². The van der Waals surface area contributed by atoms with Crippen molar-refractivity contribution in [2.75, 3.05) is 26.8 Å². The zero-order valence-electron chi connectivity index (χ0n) is 17.6. The number of fused-ring (bicyclic) bond motifs is 1. The number of aliphatic hydroxyl groups excluding tert-OH is 1. The van der Waals surface area contributed by atoms with E-state index in [0.717, 1.165) is 29.2 Å². The Labute approximate surface area is 180 Å². The van der Waals surface area contributed by atoms with Gasteiger partial charge < -0.3 is 25.0 Å². The topological polar surface area (TPSA) is 82.1 Å². The molecule has 31 heavy (non-hydrogen) atoms. The number of hydrogen-bond acceptors (Lipinski definition) is 4. The summed E-state index contributed by atoms with van der Waals surface area (Å²) in [6, 6.07) is 10.1. The van der Waals surface area contributed by atoms with Gasteiger partial charge in [-0.2, -0.15) is 0 Å². The van der Waals surface area contributed by atoms with Crippen molar-refractivity contribution in [3.05, 3.63) is 47.8 Å². The molecule has 166 valence electrons. The minimum atomic E-state index is -0.438. The Morgan fingerprint density at radius 2 is 1.90 bits per heavy atom. The van der Waals surface area contributed by atoms with E-state index in [1.54, 1.807) is 11.0 Å². The van der Waals surface area contributed by atoms with Crippen molar-refractivity contribution in [1.29, 1.82) is 0 Å². The number of hydrogen-bond donors (Lipinski definition) is 2. The average molecular weight is 429 g/mol. The zero-order valence-corrected chi connectivity index (χ0v) is 17.6. The minimum absolute atomic E-state index is 0.0399. The molecule has 2 aromatic carbocycles. The number of rotatable bonds is 5. The highest BCUT2D eigenvalue weighted by Gasteiger charge is 2.42. The molecule has 2 unspecified atom stereocenters. The number of urea groups is 1. The molecule has 7 nitrogen and oxygen atoms in total. The first-order valence-electron chi connectivity index (χ1n) is 10.7. The van der Waals surface area contributed by atoms with Crippen molar-refractivity contribution in [3.63, 3.8) is 0 Å². The van der Waals surface area contributed by atoms with Gasteiger partial charge in [0.25, 0.3) is 0 Å². The van der Waals surface area contributed by atoms with Crippen molar-refractivity contribution in [2.45, 2.75) is 37.9 Å². The number of nitrogens with one attached hydrogen (secondary N) is 1. The lowest BCUT2D eigenvalue weighted by Gasteiger charge is -2.41. The van der Waals surface area contributed by atoms with Crippen LogP contribution in [0.3, 0.4) is 0 Å². The van der Waals surface area contributed by atoms with Crippen molar-refractivity contribution in [2.24, 2.45) is 5.92 Å². The van der Waals surface area contributed by atoms with Gasteiger partial charge in [0, 0.05) is 38.2 Å². The Kier molecular flexibility index (Phi) is 6.27. The Morgan fingerprint density at radius 1 is 1.16 bits per heavy atom. The molecule has 8 heteroatoms. The summed E-state index contributed by atoms with van der Waals surface area (Å²) in [6.07, 6.45) is 2.09. The highest BCUT2D eigenvalue weighted by Crippen LogP contribution is 2.33. The first kappa shape index (κ1) is 21.4. The highest BCUT2D eigenvalue weighted by molar-refractivity contribution is 5.83. The summed E-state index contributed by atoms with van der Waals surface area (Å²) in [5.41, 5.74) is 0.927. The van der Waals surface area contributed by atoms with Crippen LogP contribution in [-0.2, 0) is 11.3 Å². The molecule has 4 rings (SSSR count). The third kappa shape index (κ3) is 4.90. The van der Waals surface area contributed by atoms with Crippen molar-refractivity contribution in [3.8, 4) is 0 Å². The number of amides is 3. The van der Waals surface area contributed by atoms with Gasteiger partial charge in [-0.15, -0.1) is 0 Å². The van der Waals surface area contributed by atoms with Crippen LogP contribution in [0.15, 0.2) is 36.4 Å². The SMILES string of the molecule is COC(=O)N1CC(CO)CC(N(C(=O)NCc2ccc3cc(F)ccc3c2)C2CC2)C1. The van der Waals surface area contributed by atoms with Crippen LogP contribution in [-0.4, -0.2) is 65.9 Å². The smallest absolute Gasteiger partial charge is 0.409 e. The standard InChI is InChI=1S/C23H28FN3O4/c1-31-23(30)26-12-16(14-28)9-21(13-26)27(20-6-7-20)22(29)25-11-15-2-3-18-10-19(24)5-4-17(18)8-15/h2-5,8,10,16,20-21,28H,6-7,9,11-14H2,1H3,(H,25,29). The average Bonchev–Trinajstić information content (AvgIpc) is 3.62. The lowest BCUT2D eigenvalue weighted by molar-refractivity contribution is 0.0465. The van der Waals surface area contributed by atoms with E-state index < -0.39 is 6.09 Å². The molecule has 1 saturated carbocycles. The van der Waals surface area contributed by atoms with E-state index >= 15 is 0 Å². The number of halogens is 1. The van der Waals surface area contributed by atoms with Gasteiger partial charge in [-0.3, -0.25) is 0 Å². The molecule has 1 saturated heterocycles. The quantitative estimate of drug-likeness (QED) is 0.765. The number of likely N-dealkylation sites (tertiary alicyclic amines) is 1. The molecule has 2 N–H and O–H groups in total. The van der Waals surface area contributed by atoms with Crippen LogP contribution < -0.4 is 5.32 Å². The molecule has 0 radical (unpaired) electrons. The Balaban J connectivity index is 1.45. The fourth-order valence-electron chi connectivity index (χ4n) is 4.41. The fourth-order valence-corrected chi connectivity index (χ4v) is 4.41. The minimum Gasteiger partial charge on any atom is -0.453 e. The normalized spacial score (nSPS) is 21.1. The van der Waals surface area contributed by atoms with Gasteiger partial charge in [-0.05, 0) is 53.8 Å². The second-order valence-corrected chi connectivity index (χ2v) is 8.44. The van der Waals surface area contributed by atoms with Crippen LogP contribution in [0.25, 0.3) is 10.8 Å². The second-order valence-electron chi connectivity index (χ2n) is 8.44. The summed E-state index contributed by atoms with van der Waals surface area (Å²) >= 11 is 0. The molecule has 2 aromatic rings. The van der Waals surface area contributed by atoms with Gasteiger partial charge in [0.15, 0.2) is 0 Å².